The van der Waals surface area contributed by atoms with Crippen LogP contribution in [0.4, 0.5) is 0 Å². The van der Waals surface area contributed by atoms with Gasteiger partial charge in [-0.3, -0.25) is 5.01 Å². The molecule has 0 aromatic carbocycles. The first kappa shape index (κ1) is 9.84. The van der Waals surface area contributed by atoms with E-state index in [0.29, 0.717) is 12.0 Å². The van der Waals surface area contributed by atoms with Crippen LogP contribution in [0.15, 0.2) is 27.7 Å². The summed E-state index contributed by atoms with van der Waals surface area (Å²) in [6.07, 6.45) is 6.74. The summed E-state index contributed by atoms with van der Waals surface area (Å²) in [6.45, 7) is 4.32. The highest BCUT2D eigenvalue weighted by Gasteiger charge is 2.34. The standard InChI is InChI=1S/C11H16N2S/c1-7-5-9(14-4)6-10-8(2)12-13(3)11(7)10/h5-6,10-11H,1-4H3. The molecule has 2 unspecified atom stereocenters. The van der Waals surface area contributed by atoms with Crippen molar-refractivity contribution < 1.29 is 0 Å². The van der Waals surface area contributed by atoms with Crippen molar-refractivity contribution in [2.75, 3.05) is 13.3 Å². The van der Waals surface area contributed by atoms with Crippen LogP contribution in [0.5, 0.6) is 0 Å². The Hall–Kier alpha value is -0.700. The molecule has 2 nitrogen and oxygen atoms in total. The summed E-state index contributed by atoms with van der Waals surface area (Å²) in [5.74, 6) is 0.493. The minimum Gasteiger partial charge on any atom is -0.292 e. The molecule has 76 valence electrons. The van der Waals surface area contributed by atoms with Crippen molar-refractivity contribution in [2.45, 2.75) is 19.9 Å². The molecule has 1 heterocycles. The maximum Gasteiger partial charge on any atom is 0.0793 e. The van der Waals surface area contributed by atoms with Gasteiger partial charge in [0, 0.05) is 23.6 Å². The molecule has 0 saturated heterocycles. The number of hydrogen-bond acceptors (Lipinski definition) is 3. The molecule has 2 rings (SSSR count). The van der Waals surface area contributed by atoms with Gasteiger partial charge in [-0.1, -0.05) is 6.08 Å². The summed E-state index contributed by atoms with van der Waals surface area (Å²) in [6, 6.07) is 0.464. The third-order valence-corrected chi connectivity index (χ3v) is 3.68. The van der Waals surface area contributed by atoms with Gasteiger partial charge in [0.25, 0.3) is 0 Å². The third-order valence-electron chi connectivity index (χ3n) is 2.96. The fraction of sp³-hybridized carbons (Fsp3) is 0.545. The van der Waals surface area contributed by atoms with Crippen molar-refractivity contribution in [1.82, 2.24) is 5.01 Å². The summed E-state index contributed by atoms with van der Waals surface area (Å²) in [7, 11) is 2.06. The summed E-state index contributed by atoms with van der Waals surface area (Å²) in [5, 5.41) is 6.59. The Morgan fingerprint density at radius 2 is 2.14 bits per heavy atom. The molecule has 0 saturated carbocycles. The lowest BCUT2D eigenvalue weighted by Crippen LogP contribution is -2.32. The first-order valence-electron chi connectivity index (χ1n) is 4.85. The molecule has 2 atom stereocenters. The smallest absolute Gasteiger partial charge is 0.0793 e. The highest BCUT2D eigenvalue weighted by molar-refractivity contribution is 8.02. The fourth-order valence-corrected chi connectivity index (χ4v) is 2.88. The molecule has 14 heavy (non-hydrogen) atoms. The van der Waals surface area contributed by atoms with Crippen LogP contribution >= 0.6 is 11.8 Å². The summed E-state index contributed by atoms with van der Waals surface area (Å²) in [4.78, 5) is 1.37. The van der Waals surface area contributed by atoms with Crippen LogP contribution < -0.4 is 0 Å². The van der Waals surface area contributed by atoms with Crippen LogP contribution in [0.1, 0.15) is 13.8 Å². The zero-order valence-electron chi connectivity index (χ0n) is 9.11. The number of likely N-dealkylation sites (N-methyl/N-ethyl adjacent to an activating group) is 1. The minimum atomic E-state index is 0.464. The largest absolute Gasteiger partial charge is 0.292 e. The number of rotatable bonds is 1. The number of fused-ring (bicyclic) bond motifs is 1. The maximum atomic E-state index is 4.51. The maximum absolute atomic E-state index is 4.51. The SMILES string of the molecule is CSC1=CC2C(C)=NN(C)C2C(C)=C1. The quantitative estimate of drug-likeness (QED) is 0.658. The van der Waals surface area contributed by atoms with Crippen LogP contribution in [0, 0.1) is 5.92 Å². The van der Waals surface area contributed by atoms with E-state index in [0.717, 1.165) is 0 Å². The zero-order chi connectivity index (χ0) is 10.3. The Kier molecular flexibility index (Phi) is 2.43. The average molecular weight is 208 g/mol. The van der Waals surface area contributed by atoms with E-state index in [1.165, 1.54) is 16.2 Å². The molecule has 1 aliphatic carbocycles. The van der Waals surface area contributed by atoms with Gasteiger partial charge >= 0.3 is 0 Å². The van der Waals surface area contributed by atoms with Crippen LogP contribution in [0.2, 0.25) is 0 Å². The lowest BCUT2D eigenvalue weighted by atomic mass is 9.87. The van der Waals surface area contributed by atoms with E-state index in [1.807, 2.05) is 11.8 Å². The Balaban J connectivity index is 2.35. The summed E-state index contributed by atoms with van der Waals surface area (Å²) in [5.41, 5.74) is 2.65. The van der Waals surface area contributed by atoms with Crippen LogP contribution in [-0.2, 0) is 0 Å². The summed E-state index contributed by atoms with van der Waals surface area (Å²) < 4.78 is 0. The molecule has 0 spiro atoms. The Labute approximate surface area is 89.7 Å². The monoisotopic (exact) mass is 208 g/mol. The van der Waals surface area contributed by atoms with Crippen molar-refractivity contribution in [3.63, 3.8) is 0 Å². The van der Waals surface area contributed by atoms with E-state index in [4.69, 9.17) is 0 Å². The summed E-state index contributed by atoms with van der Waals surface area (Å²) >= 11 is 1.81. The van der Waals surface area contributed by atoms with E-state index in [1.54, 1.807) is 0 Å². The predicted octanol–water partition coefficient (Wildman–Crippen LogP) is 2.50. The van der Waals surface area contributed by atoms with Crippen molar-refractivity contribution in [2.24, 2.45) is 11.0 Å². The molecular formula is C11H16N2S. The number of hydrazone groups is 1. The normalized spacial score (nSPS) is 30.9. The van der Waals surface area contributed by atoms with Gasteiger partial charge in [-0.05, 0) is 31.8 Å². The average Bonchev–Trinajstić information content (AvgIpc) is 2.42. The van der Waals surface area contributed by atoms with E-state index in [-0.39, 0.29) is 0 Å². The molecule has 0 fully saturated rings. The van der Waals surface area contributed by atoms with Gasteiger partial charge in [0.05, 0.1) is 6.04 Å². The van der Waals surface area contributed by atoms with E-state index < -0.39 is 0 Å². The van der Waals surface area contributed by atoms with Gasteiger partial charge in [0.1, 0.15) is 0 Å². The second-order valence-electron chi connectivity index (χ2n) is 3.95. The van der Waals surface area contributed by atoms with Crippen molar-refractivity contribution in [3.05, 3.63) is 22.6 Å². The minimum absolute atomic E-state index is 0.464. The molecule has 0 bridgehead atoms. The molecule has 3 heteroatoms. The van der Waals surface area contributed by atoms with Crippen LogP contribution in [0.25, 0.3) is 0 Å². The van der Waals surface area contributed by atoms with Gasteiger partial charge in [-0.25, -0.2) is 0 Å². The molecule has 0 amide bonds. The highest BCUT2D eigenvalue weighted by atomic mass is 32.2. The van der Waals surface area contributed by atoms with Gasteiger partial charge < -0.3 is 0 Å². The Morgan fingerprint density at radius 1 is 1.43 bits per heavy atom. The Bertz CT molecular complexity index is 341. The molecule has 0 radical (unpaired) electrons. The molecule has 0 aromatic rings. The van der Waals surface area contributed by atoms with E-state index in [2.05, 4.69) is 49.4 Å². The number of nitrogens with zero attached hydrogens (tertiary/aromatic N) is 2. The van der Waals surface area contributed by atoms with Crippen molar-refractivity contribution in [1.29, 1.82) is 0 Å². The first-order chi connectivity index (χ1) is 6.63. The number of thioether (sulfide) groups is 1. The number of hydrogen-bond donors (Lipinski definition) is 0. The van der Waals surface area contributed by atoms with Crippen molar-refractivity contribution >= 4 is 17.5 Å². The van der Waals surface area contributed by atoms with Crippen LogP contribution in [-0.4, -0.2) is 30.1 Å². The topological polar surface area (TPSA) is 15.6 Å². The second-order valence-corrected chi connectivity index (χ2v) is 4.83. The molecule has 0 N–H and O–H groups in total. The van der Waals surface area contributed by atoms with Gasteiger partial charge in [-0.15, -0.1) is 11.8 Å². The lowest BCUT2D eigenvalue weighted by Gasteiger charge is -2.27. The second kappa shape index (κ2) is 3.46. The van der Waals surface area contributed by atoms with Gasteiger partial charge in [-0.2, -0.15) is 5.10 Å². The molecule has 2 aliphatic rings. The Morgan fingerprint density at radius 3 is 2.79 bits per heavy atom. The van der Waals surface area contributed by atoms with E-state index in [9.17, 15) is 0 Å². The van der Waals surface area contributed by atoms with Crippen LogP contribution in [0.3, 0.4) is 0 Å². The third kappa shape index (κ3) is 1.40. The first-order valence-corrected chi connectivity index (χ1v) is 6.08. The van der Waals surface area contributed by atoms with E-state index >= 15 is 0 Å². The molecular weight excluding hydrogens is 192 g/mol. The van der Waals surface area contributed by atoms with Gasteiger partial charge in [0.15, 0.2) is 0 Å². The molecule has 0 aromatic heterocycles. The van der Waals surface area contributed by atoms with Crippen molar-refractivity contribution in [3.8, 4) is 0 Å². The zero-order valence-corrected chi connectivity index (χ0v) is 9.93. The fourth-order valence-electron chi connectivity index (χ4n) is 2.29. The lowest BCUT2D eigenvalue weighted by molar-refractivity contribution is 0.294. The highest BCUT2D eigenvalue weighted by Crippen LogP contribution is 2.35. The molecule has 1 aliphatic heterocycles. The number of allylic oxidation sites excluding steroid dienone is 1. The van der Waals surface area contributed by atoms with Gasteiger partial charge in [0.2, 0.25) is 0 Å². The predicted molar refractivity (Wildman–Crippen MR) is 63.5 cm³/mol.